The van der Waals surface area contributed by atoms with Crippen molar-refractivity contribution in [2.24, 2.45) is 0 Å². The Hall–Kier alpha value is -2.83. The minimum absolute atomic E-state index is 0.249. The number of nitrogens with one attached hydrogen (secondary N) is 1. The Kier molecular flexibility index (Phi) is 6.11. The highest BCUT2D eigenvalue weighted by Crippen LogP contribution is 2.22. The van der Waals surface area contributed by atoms with E-state index < -0.39 is 0 Å². The molecule has 1 saturated heterocycles. The summed E-state index contributed by atoms with van der Waals surface area (Å²) < 4.78 is 5.08. The van der Waals surface area contributed by atoms with Crippen molar-refractivity contribution in [3.63, 3.8) is 0 Å². The van der Waals surface area contributed by atoms with Gasteiger partial charge in [0, 0.05) is 43.6 Å². The summed E-state index contributed by atoms with van der Waals surface area (Å²) in [6.07, 6.45) is 0.705. The van der Waals surface area contributed by atoms with Crippen molar-refractivity contribution in [3.05, 3.63) is 41.6 Å². The summed E-state index contributed by atoms with van der Waals surface area (Å²) in [6, 6.07) is 10.2. The van der Waals surface area contributed by atoms with Crippen LogP contribution in [-0.2, 0) is 11.2 Å². The molecule has 0 spiro atoms. The third kappa shape index (κ3) is 4.67. The minimum Gasteiger partial charge on any atom is -0.450 e. The monoisotopic (exact) mass is 369 g/mol. The van der Waals surface area contributed by atoms with Gasteiger partial charge in [-0.1, -0.05) is 25.1 Å². The summed E-state index contributed by atoms with van der Waals surface area (Å²) >= 11 is 0. The Morgan fingerprint density at radius 3 is 2.59 bits per heavy atom. The molecular formula is C20H27N5O2. The molecule has 7 heteroatoms. The lowest BCUT2D eigenvalue weighted by Crippen LogP contribution is -2.49. The first-order valence-electron chi connectivity index (χ1n) is 9.48. The number of piperazine rings is 1. The van der Waals surface area contributed by atoms with Gasteiger partial charge in [0.2, 0.25) is 5.95 Å². The van der Waals surface area contributed by atoms with Crippen molar-refractivity contribution in [2.45, 2.75) is 27.2 Å². The SMILES string of the molecule is CCOC(=O)N1CCN(c2nc(C)cc(Nc3ccccc3CC)n2)CC1. The van der Waals surface area contributed by atoms with Gasteiger partial charge in [-0.25, -0.2) is 9.78 Å². The molecule has 1 N–H and O–H groups in total. The zero-order chi connectivity index (χ0) is 19.2. The maximum absolute atomic E-state index is 11.9. The number of rotatable bonds is 5. The molecule has 1 aliphatic rings. The van der Waals surface area contributed by atoms with Gasteiger partial charge in [0.05, 0.1) is 6.61 Å². The van der Waals surface area contributed by atoms with Gasteiger partial charge in [0.15, 0.2) is 0 Å². The normalized spacial score (nSPS) is 14.2. The lowest BCUT2D eigenvalue weighted by Gasteiger charge is -2.34. The summed E-state index contributed by atoms with van der Waals surface area (Å²) in [5.74, 6) is 1.47. The fraction of sp³-hybridized carbons (Fsp3) is 0.450. The van der Waals surface area contributed by atoms with Crippen molar-refractivity contribution >= 4 is 23.5 Å². The van der Waals surface area contributed by atoms with Crippen molar-refractivity contribution in [1.29, 1.82) is 0 Å². The van der Waals surface area contributed by atoms with Gasteiger partial charge in [0.25, 0.3) is 0 Å². The molecule has 0 radical (unpaired) electrons. The number of anilines is 3. The summed E-state index contributed by atoms with van der Waals surface area (Å²) in [5.41, 5.74) is 3.22. The maximum atomic E-state index is 11.9. The van der Waals surface area contributed by atoms with Crippen LogP contribution in [0.1, 0.15) is 25.1 Å². The first-order chi connectivity index (χ1) is 13.1. The standard InChI is InChI=1S/C20H27N5O2/c1-4-16-8-6-7-9-17(16)22-18-14-15(3)21-19(23-18)24-10-12-25(13-11-24)20(26)27-5-2/h6-9,14H,4-5,10-13H2,1-3H3,(H,21,22,23). The fourth-order valence-electron chi connectivity index (χ4n) is 3.15. The second kappa shape index (κ2) is 8.70. The van der Waals surface area contributed by atoms with Crippen LogP contribution in [0.4, 0.5) is 22.2 Å². The van der Waals surface area contributed by atoms with Crippen LogP contribution in [0.25, 0.3) is 0 Å². The van der Waals surface area contributed by atoms with Gasteiger partial charge >= 0.3 is 6.09 Å². The Bertz CT molecular complexity index is 788. The largest absolute Gasteiger partial charge is 0.450 e. The third-order valence-electron chi connectivity index (χ3n) is 4.59. The van der Waals surface area contributed by atoms with Gasteiger partial charge in [-0.3, -0.25) is 0 Å². The average molecular weight is 369 g/mol. The zero-order valence-corrected chi connectivity index (χ0v) is 16.2. The van der Waals surface area contributed by atoms with Crippen molar-refractivity contribution in [2.75, 3.05) is 43.0 Å². The zero-order valence-electron chi connectivity index (χ0n) is 16.2. The fourth-order valence-corrected chi connectivity index (χ4v) is 3.15. The maximum Gasteiger partial charge on any atom is 0.409 e. The molecule has 144 valence electrons. The number of amides is 1. The number of nitrogens with zero attached hydrogens (tertiary/aromatic N) is 4. The predicted octanol–water partition coefficient (Wildman–Crippen LogP) is 3.37. The first kappa shape index (κ1) is 18.9. The number of aromatic nitrogens is 2. The molecule has 2 heterocycles. The molecule has 1 aromatic carbocycles. The second-order valence-electron chi connectivity index (χ2n) is 6.50. The minimum atomic E-state index is -0.249. The highest BCUT2D eigenvalue weighted by atomic mass is 16.6. The molecule has 0 aliphatic carbocycles. The third-order valence-corrected chi connectivity index (χ3v) is 4.59. The topological polar surface area (TPSA) is 70.6 Å². The van der Waals surface area contributed by atoms with Crippen molar-refractivity contribution in [1.82, 2.24) is 14.9 Å². The van der Waals surface area contributed by atoms with Gasteiger partial charge in [0.1, 0.15) is 5.82 Å². The Morgan fingerprint density at radius 1 is 1.15 bits per heavy atom. The van der Waals surface area contributed by atoms with E-state index in [0.717, 1.165) is 23.6 Å². The van der Waals surface area contributed by atoms with Crippen molar-refractivity contribution in [3.8, 4) is 0 Å². The lowest BCUT2D eigenvalue weighted by molar-refractivity contribution is 0.105. The van der Waals surface area contributed by atoms with Crippen LogP contribution in [0.5, 0.6) is 0 Å². The quantitative estimate of drug-likeness (QED) is 0.871. The number of hydrogen-bond acceptors (Lipinski definition) is 6. The second-order valence-corrected chi connectivity index (χ2v) is 6.50. The van der Waals surface area contributed by atoms with Crippen LogP contribution >= 0.6 is 0 Å². The summed E-state index contributed by atoms with van der Waals surface area (Å²) in [7, 11) is 0. The van der Waals surface area contributed by atoms with E-state index in [1.807, 2.05) is 32.0 Å². The van der Waals surface area contributed by atoms with E-state index in [-0.39, 0.29) is 6.09 Å². The highest BCUT2D eigenvalue weighted by molar-refractivity contribution is 5.68. The van der Waals surface area contributed by atoms with E-state index >= 15 is 0 Å². The molecule has 0 saturated carbocycles. The van der Waals surface area contributed by atoms with Gasteiger partial charge in [-0.15, -0.1) is 0 Å². The van der Waals surface area contributed by atoms with E-state index in [2.05, 4.69) is 34.3 Å². The smallest absolute Gasteiger partial charge is 0.409 e. The average Bonchev–Trinajstić information content (AvgIpc) is 2.68. The molecule has 3 rings (SSSR count). The molecule has 1 aliphatic heterocycles. The molecule has 0 bridgehead atoms. The number of aryl methyl sites for hydroxylation is 2. The van der Waals surface area contributed by atoms with Crippen LogP contribution < -0.4 is 10.2 Å². The molecule has 1 aromatic heterocycles. The Morgan fingerprint density at radius 2 is 1.89 bits per heavy atom. The lowest BCUT2D eigenvalue weighted by atomic mass is 10.1. The molecule has 27 heavy (non-hydrogen) atoms. The summed E-state index contributed by atoms with van der Waals surface area (Å²) in [6.45, 7) is 8.92. The molecule has 0 unspecified atom stereocenters. The summed E-state index contributed by atoms with van der Waals surface area (Å²) in [5, 5.41) is 3.43. The number of para-hydroxylation sites is 1. The molecule has 7 nitrogen and oxygen atoms in total. The van der Waals surface area contributed by atoms with E-state index in [9.17, 15) is 4.79 Å². The van der Waals surface area contributed by atoms with Crippen LogP contribution in [0.3, 0.4) is 0 Å². The van der Waals surface area contributed by atoms with E-state index in [1.54, 1.807) is 4.90 Å². The highest BCUT2D eigenvalue weighted by Gasteiger charge is 2.23. The van der Waals surface area contributed by atoms with E-state index in [0.29, 0.717) is 38.7 Å². The number of ether oxygens (including phenoxy) is 1. The van der Waals surface area contributed by atoms with Crippen LogP contribution in [-0.4, -0.2) is 53.7 Å². The molecule has 1 fully saturated rings. The Balaban J connectivity index is 1.72. The number of benzene rings is 1. The van der Waals surface area contributed by atoms with Gasteiger partial charge in [-0.05, 0) is 31.9 Å². The van der Waals surface area contributed by atoms with Crippen LogP contribution in [0, 0.1) is 6.92 Å². The molecule has 2 aromatic rings. The molecule has 1 amide bonds. The van der Waals surface area contributed by atoms with E-state index in [1.165, 1.54) is 5.56 Å². The summed E-state index contributed by atoms with van der Waals surface area (Å²) in [4.78, 5) is 25.0. The number of carbonyl (C=O) groups is 1. The number of carbonyl (C=O) groups excluding carboxylic acids is 1. The van der Waals surface area contributed by atoms with Gasteiger partial charge in [-0.2, -0.15) is 4.98 Å². The van der Waals surface area contributed by atoms with Gasteiger partial charge < -0.3 is 19.9 Å². The number of hydrogen-bond donors (Lipinski definition) is 1. The predicted molar refractivity (Wildman–Crippen MR) is 107 cm³/mol. The van der Waals surface area contributed by atoms with Crippen LogP contribution in [0.15, 0.2) is 30.3 Å². The van der Waals surface area contributed by atoms with E-state index in [4.69, 9.17) is 9.72 Å². The van der Waals surface area contributed by atoms with Crippen molar-refractivity contribution < 1.29 is 9.53 Å². The van der Waals surface area contributed by atoms with Crippen LogP contribution in [0.2, 0.25) is 0 Å². The molecular weight excluding hydrogens is 342 g/mol. The Labute approximate surface area is 160 Å². The first-order valence-corrected chi connectivity index (χ1v) is 9.48. The molecule has 0 atom stereocenters.